The Hall–Kier alpha value is -0.780. The minimum atomic E-state index is -4.21. The van der Waals surface area contributed by atoms with E-state index in [0.29, 0.717) is 12.0 Å². The number of hydrogen-bond donors (Lipinski definition) is 1. The first kappa shape index (κ1) is 15.6. The second kappa shape index (κ2) is 6.33. The first-order valence-corrected chi connectivity index (χ1v) is 7.44. The maximum Gasteiger partial charge on any atom is 0.390 e. The fraction of sp³-hybridized carbons (Fsp3) is 0.929. The number of nitrogens with zero attached hydrogens (tertiary/aromatic N) is 1. The van der Waals surface area contributed by atoms with Crippen LogP contribution in [-0.2, 0) is 4.79 Å². The van der Waals surface area contributed by atoms with Crippen LogP contribution in [0.15, 0.2) is 0 Å². The maximum atomic E-state index is 12.2. The highest BCUT2D eigenvalue weighted by molar-refractivity contribution is 5.81. The number of rotatable bonds is 3. The van der Waals surface area contributed by atoms with Crippen molar-refractivity contribution in [2.45, 2.75) is 63.2 Å². The van der Waals surface area contributed by atoms with Crippen LogP contribution in [0.2, 0.25) is 0 Å². The van der Waals surface area contributed by atoms with Crippen LogP contribution in [0, 0.1) is 5.92 Å². The zero-order chi connectivity index (χ0) is 14.8. The van der Waals surface area contributed by atoms with Crippen molar-refractivity contribution >= 4 is 5.91 Å². The minimum absolute atomic E-state index is 0.196. The van der Waals surface area contributed by atoms with Crippen molar-refractivity contribution < 1.29 is 18.0 Å². The first-order valence-electron chi connectivity index (χ1n) is 7.44. The summed E-state index contributed by atoms with van der Waals surface area (Å²) in [7, 11) is 1.46. The summed E-state index contributed by atoms with van der Waals surface area (Å²) in [6, 6.07) is 0.0787. The van der Waals surface area contributed by atoms with Crippen LogP contribution >= 0.6 is 0 Å². The van der Waals surface area contributed by atoms with Crippen molar-refractivity contribution in [3.05, 3.63) is 0 Å². The number of carbonyl (C=O) groups is 1. The largest absolute Gasteiger partial charge is 0.390 e. The fourth-order valence-corrected chi connectivity index (χ4v) is 3.36. The van der Waals surface area contributed by atoms with Gasteiger partial charge in [0.15, 0.2) is 0 Å². The quantitative estimate of drug-likeness (QED) is 0.867. The minimum Gasteiger partial charge on any atom is -0.344 e. The van der Waals surface area contributed by atoms with Gasteiger partial charge in [-0.05, 0) is 31.6 Å². The van der Waals surface area contributed by atoms with Gasteiger partial charge in [-0.3, -0.25) is 4.79 Å². The van der Waals surface area contributed by atoms with Crippen molar-refractivity contribution in [2.75, 3.05) is 13.6 Å². The molecule has 2 rings (SSSR count). The Balaban J connectivity index is 1.83. The molecule has 3 unspecified atom stereocenters. The molecule has 1 amide bonds. The number of carbonyl (C=O) groups excluding carboxylic acids is 1. The van der Waals surface area contributed by atoms with Crippen LogP contribution < -0.4 is 5.32 Å². The van der Waals surface area contributed by atoms with Crippen LogP contribution in [0.3, 0.4) is 0 Å². The molecule has 0 spiro atoms. The van der Waals surface area contributed by atoms with E-state index in [1.54, 1.807) is 0 Å². The average Bonchev–Trinajstić information content (AvgIpc) is 2.42. The molecule has 0 bridgehead atoms. The van der Waals surface area contributed by atoms with E-state index in [9.17, 15) is 18.0 Å². The van der Waals surface area contributed by atoms with E-state index in [1.165, 1.54) is 31.2 Å². The molecule has 1 saturated carbocycles. The van der Waals surface area contributed by atoms with Crippen LogP contribution in [0.4, 0.5) is 13.2 Å². The number of piperidine rings is 1. The molecule has 0 radical (unpaired) electrons. The van der Waals surface area contributed by atoms with Gasteiger partial charge >= 0.3 is 6.18 Å². The number of hydrogen-bond acceptors (Lipinski definition) is 2. The summed E-state index contributed by atoms with van der Waals surface area (Å²) in [4.78, 5) is 13.4. The Kier molecular flexibility index (Phi) is 4.94. The monoisotopic (exact) mass is 292 g/mol. The van der Waals surface area contributed by atoms with E-state index in [4.69, 9.17) is 0 Å². The van der Waals surface area contributed by atoms with Gasteiger partial charge in [-0.25, -0.2) is 0 Å². The van der Waals surface area contributed by atoms with E-state index >= 15 is 0 Å². The first-order chi connectivity index (χ1) is 9.37. The van der Waals surface area contributed by atoms with Gasteiger partial charge in [-0.15, -0.1) is 0 Å². The fourth-order valence-electron chi connectivity index (χ4n) is 3.36. The topological polar surface area (TPSA) is 32.3 Å². The molecule has 0 aromatic carbocycles. The molecule has 0 aromatic rings. The van der Waals surface area contributed by atoms with E-state index in [2.05, 4.69) is 5.32 Å². The average molecular weight is 292 g/mol. The van der Waals surface area contributed by atoms with Gasteiger partial charge in [0, 0.05) is 19.6 Å². The van der Waals surface area contributed by atoms with Gasteiger partial charge in [-0.1, -0.05) is 12.8 Å². The lowest BCUT2D eigenvalue weighted by molar-refractivity contribution is -0.145. The number of likely N-dealkylation sites (N-methyl/N-ethyl adjacent to an activating group) is 1. The molecule has 3 nitrogen and oxygen atoms in total. The molecule has 6 heteroatoms. The molecule has 1 aliphatic carbocycles. The lowest BCUT2D eigenvalue weighted by atomic mass is 9.77. The molecule has 2 aliphatic rings. The van der Waals surface area contributed by atoms with Crippen LogP contribution in [0.25, 0.3) is 0 Å². The number of alkyl halides is 3. The summed E-state index contributed by atoms with van der Waals surface area (Å²) >= 11 is 0. The second-order valence-electron chi connectivity index (χ2n) is 6.07. The maximum absolute atomic E-state index is 12.2. The molecule has 20 heavy (non-hydrogen) atoms. The summed E-state index contributed by atoms with van der Waals surface area (Å²) in [5, 5.41) is 3.36. The van der Waals surface area contributed by atoms with Crippen molar-refractivity contribution in [2.24, 2.45) is 5.92 Å². The summed E-state index contributed by atoms with van der Waals surface area (Å²) < 4.78 is 36.6. The Morgan fingerprint density at radius 3 is 2.60 bits per heavy atom. The van der Waals surface area contributed by atoms with Gasteiger partial charge < -0.3 is 10.2 Å². The van der Waals surface area contributed by atoms with Crippen molar-refractivity contribution in [3.63, 3.8) is 0 Å². The van der Waals surface area contributed by atoms with Crippen LogP contribution in [0.1, 0.15) is 44.9 Å². The Morgan fingerprint density at radius 2 is 1.90 bits per heavy atom. The van der Waals surface area contributed by atoms with E-state index in [-0.39, 0.29) is 18.5 Å². The molecule has 1 N–H and O–H groups in total. The number of fused-ring (bicyclic) bond motifs is 1. The Bertz CT molecular complexity index is 346. The van der Waals surface area contributed by atoms with E-state index < -0.39 is 12.6 Å². The third-order valence-corrected chi connectivity index (χ3v) is 4.56. The van der Waals surface area contributed by atoms with E-state index in [1.807, 2.05) is 0 Å². The molecular weight excluding hydrogens is 269 g/mol. The number of nitrogens with one attached hydrogen (secondary N) is 1. The molecular formula is C14H23F3N2O. The molecule has 1 heterocycles. The zero-order valence-corrected chi connectivity index (χ0v) is 11.9. The molecule has 116 valence electrons. The van der Waals surface area contributed by atoms with Crippen molar-refractivity contribution in [1.82, 2.24) is 10.2 Å². The molecule has 0 aromatic heterocycles. The second-order valence-corrected chi connectivity index (χ2v) is 6.07. The molecule has 1 aliphatic heterocycles. The summed E-state index contributed by atoms with van der Waals surface area (Å²) in [5.41, 5.74) is 0. The molecule has 1 saturated heterocycles. The third-order valence-electron chi connectivity index (χ3n) is 4.56. The highest BCUT2D eigenvalue weighted by atomic mass is 19.4. The summed E-state index contributed by atoms with van der Waals surface area (Å²) in [6.45, 7) is -0.255. The number of amides is 1. The van der Waals surface area contributed by atoms with E-state index in [0.717, 1.165) is 19.3 Å². The highest BCUT2D eigenvalue weighted by Gasteiger charge is 2.36. The highest BCUT2D eigenvalue weighted by Crippen LogP contribution is 2.32. The van der Waals surface area contributed by atoms with Gasteiger partial charge in [-0.2, -0.15) is 13.2 Å². The summed E-state index contributed by atoms with van der Waals surface area (Å²) in [6.07, 6.45) is 1.35. The van der Waals surface area contributed by atoms with Gasteiger partial charge in [0.2, 0.25) is 5.91 Å². The van der Waals surface area contributed by atoms with Gasteiger partial charge in [0.05, 0.1) is 12.5 Å². The number of halogens is 3. The van der Waals surface area contributed by atoms with Crippen molar-refractivity contribution in [1.29, 1.82) is 0 Å². The third kappa shape index (κ3) is 4.11. The van der Waals surface area contributed by atoms with Crippen molar-refractivity contribution in [3.8, 4) is 0 Å². The predicted molar refractivity (Wildman–Crippen MR) is 70.2 cm³/mol. The molecule has 2 fully saturated rings. The van der Waals surface area contributed by atoms with Gasteiger partial charge in [0.1, 0.15) is 0 Å². The SMILES string of the molecule is CN(CCC(F)(F)F)C(=O)C1CCC2CCCCC2N1. The standard InChI is InChI=1S/C14H23F3N2O/c1-19(9-8-14(15,16)17)13(20)12-7-6-10-4-2-3-5-11(10)18-12/h10-12,18H,2-9H2,1H3. The zero-order valence-electron chi connectivity index (χ0n) is 11.9. The lowest BCUT2D eigenvalue weighted by Gasteiger charge is -2.40. The smallest absolute Gasteiger partial charge is 0.344 e. The van der Waals surface area contributed by atoms with Crippen LogP contribution in [-0.4, -0.2) is 42.7 Å². The Morgan fingerprint density at radius 1 is 1.20 bits per heavy atom. The Labute approximate surface area is 117 Å². The van der Waals surface area contributed by atoms with Crippen LogP contribution in [0.5, 0.6) is 0 Å². The lowest BCUT2D eigenvalue weighted by Crippen LogP contribution is -2.55. The molecule has 3 atom stereocenters. The normalized spacial score (nSPS) is 30.7. The summed E-state index contributed by atoms with van der Waals surface area (Å²) in [5.74, 6) is 0.451. The van der Waals surface area contributed by atoms with Gasteiger partial charge in [0.25, 0.3) is 0 Å². The predicted octanol–water partition coefficient (Wildman–Crippen LogP) is 2.71.